The van der Waals surface area contributed by atoms with E-state index in [2.05, 4.69) is 16.0 Å². The summed E-state index contributed by atoms with van der Waals surface area (Å²) in [6.45, 7) is 0. The number of methoxy groups -OCH3 is 2. The lowest BCUT2D eigenvalue weighted by molar-refractivity contribution is 0.100. The second kappa shape index (κ2) is 9.98. The molecule has 4 amide bonds. The van der Waals surface area contributed by atoms with Gasteiger partial charge in [-0.3, -0.25) is 9.59 Å². The van der Waals surface area contributed by atoms with E-state index in [1.54, 1.807) is 24.3 Å². The summed E-state index contributed by atoms with van der Waals surface area (Å²) in [7, 11) is 2.86. The Kier molecular flexibility index (Phi) is 6.92. The van der Waals surface area contributed by atoms with Gasteiger partial charge in [-0.15, -0.1) is 0 Å². The molecule has 3 aromatic rings. The van der Waals surface area contributed by atoms with E-state index in [4.69, 9.17) is 15.2 Å². The van der Waals surface area contributed by atoms with Crippen LogP contribution in [-0.2, 0) is 0 Å². The van der Waals surface area contributed by atoms with Crippen LogP contribution in [0.1, 0.15) is 20.7 Å². The largest absolute Gasteiger partial charge is 0.493 e. The first kappa shape index (κ1) is 22.2. The van der Waals surface area contributed by atoms with Crippen LogP contribution in [0.4, 0.5) is 21.9 Å². The summed E-state index contributed by atoms with van der Waals surface area (Å²) in [6, 6.07) is 17.7. The molecule has 9 nitrogen and oxygen atoms in total. The molecule has 0 saturated heterocycles. The molecule has 0 aliphatic rings. The fourth-order valence-electron chi connectivity index (χ4n) is 2.90. The molecule has 0 spiro atoms. The maximum Gasteiger partial charge on any atom is 0.323 e. The third-order valence-electron chi connectivity index (χ3n) is 4.47. The van der Waals surface area contributed by atoms with Crippen molar-refractivity contribution >= 4 is 34.9 Å². The predicted molar refractivity (Wildman–Crippen MR) is 122 cm³/mol. The Hall–Kier alpha value is -4.53. The fourth-order valence-corrected chi connectivity index (χ4v) is 2.90. The molecule has 0 aliphatic carbocycles. The van der Waals surface area contributed by atoms with Crippen LogP contribution in [0.2, 0.25) is 0 Å². The molecular formula is C23H22N4O5. The summed E-state index contributed by atoms with van der Waals surface area (Å²) >= 11 is 0. The number of benzene rings is 3. The summed E-state index contributed by atoms with van der Waals surface area (Å²) in [6.07, 6.45) is 0. The minimum atomic E-state index is -0.731. The maximum atomic E-state index is 12.7. The number of para-hydroxylation sites is 1. The first-order chi connectivity index (χ1) is 15.4. The molecule has 0 aliphatic heterocycles. The molecule has 0 unspecified atom stereocenters. The van der Waals surface area contributed by atoms with Crippen molar-refractivity contribution in [2.45, 2.75) is 0 Å². The monoisotopic (exact) mass is 434 g/mol. The highest BCUT2D eigenvalue weighted by atomic mass is 16.5. The number of nitrogens with two attached hydrogens (primary N) is 1. The van der Waals surface area contributed by atoms with Crippen LogP contribution in [0.5, 0.6) is 11.5 Å². The van der Waals surface area contributed by atoms with Gasteiger partial charge in [-0.05, 0) is 42.5 Å². The van der Waals surface area contributed by atoms with E-state index in [-0.39, 0.29) is 11.3 Å². The zero-order chi connectivity index (χ0) is 23.1. The number of anilines is 3. The predicted octanol–water partition coefficient (Wildman–Crippen LogP) is 3.70. The van der Waals surface area contributed by atoms with Crippen molar-refractivity contribution in [2.75, 3.05) is 30.2 Å². The van der Waals surface area contributed by atoms with Gasteiger partial charge in [0, 0.05) is 23.0 Å². The smallest absolute Gasteiger partial charge is 0.323 e. The zero-order valence-electron chi connectivity index (χ0n) is 17.5. The van der Waals surface area contributed by atoms with Crippen molar-refractivity contribution in [1.82, 2.24) is 0 Å². The van der Waals surface area contributed by atoms with Gasteiger partial charge in [-0.25, -0.2) is 4.79 Å². The number of nitrogens with one attached hydrogen (secondary N) is 3. The highest BCUT2D eigenvalue weighted by Gasteiger charge is 2.17. The van der Waals surface area contributed by atoms with E-state index < -0.39 is 17.8 Å². The van der Waals surface area contributed by atoms with E-state index in [1.807, 2.05) is 18.2 Å². The standard InChI is InChI=1S/C23H22N4O5/c1-31-19-12-17(21(24)28)18(13-20(19)32-2)27-22(29)14-8-10-16(11-9-14)26-23(30)25-15-6-4-3-5-7-15/h3-13H,1-2H3,(H2,24,28)(H,27,29)(H2,25,26,30). The van der Waals surface area contributed by atoms with Crippen LogP contribution < -0.4 is 31.2 Å². The second-order valence-electron chi connectivity index (χ2n) is 6.59. The summed E-state index contributed by atoms with van der Waals surface area (Å²) in [5.41, 5.74) is 7.16. The lowest BCUT2D eigenvalue weighted by atomic mass is 10.1. The van der Waals surface area contributed by atoms with Crippen molar-refractivity contribution in [3.63, 3.8) is 0 Å². The summed E-state index contributed by atoms with van der Waals surface area (Å²) in [5, 5.41) is 8.04. The number of hydrogen-bond acceptors (Lipinski definition) is 5. The summed E-state index contributed by atoms with van der Waals surface area (Å²) < 4.78 is 10.4. The normalized spacial score (nSPS) is 10.1. The van der Waals surface area contributed by atoms with Crippen LogP contribution in [0.15, 0.2) is 66.7 Å². The van der Waals surface area contributed by atoms with E-state index in [0.717, 1.165) is 0 Å². The van der Waals surface area contributed by atoms with Crippen molar-refractivity contribution in [2.24, 2.45) is 5.73 Å². The number of rotatable bonds is 7. The SMILES string of the molecule is COc1cc(NC(=O)c2ccc(NC(=O)Nc3ccccc3)cc2)c(C(N)=O)cc1OC. The topological polar surface area (TPSA) is 132 Å². The quantitative estimate of drug-likeness (QED) is 0.450. The molecule has 32 heavy (non-hydrogen) atoms. The highest BCUT2D eigenvalue weighted by Crippen LogP contribution is 2.33. The summed E-state index contributed by atoms with van der Waals surface area (Å²) in [4.78, 5) is 36.6. The van der Waals surface area contributed by atoms with Crippen LogP contribution in [0, 0.1) is 0 Å². The Morgan fingerprint density at radius 1 is 0.750 bits per heavy atom. The molecule has 9 heteroatoms. The number of carbonyl (C=O) groups is 3. The molecule has 0 aromatic heterocycles. The molecule has 5 N–H and O–H groups in total. The lowest BCUT2D eigenvalue weighted by Crippen LogP contribution is -2.20. The van der Waals surface area contributed by atoms with Crippen LogP contribution >= 0.6 is 0 Å². The van der Waals surface area contributed by atoms with E-state index >= 15 is 0 Å². The first-order valence-corrected chi connectivity index (χ1v) is 9.51. The van der Waals surface area contributed by atoms with Crippen molar-refractivity contribution in [3.8, 4) is 11.5 Å². The van der Waals surface area contributed by atoms with E-state index in [0.29, 0.717) is 28.4 Å². The third kappa shape index (κ3) is 5.33. The van der Waals surface area contributed by atoms with Crippen LogP contribution in [-0.4, -0.2) is 32.1 Å². The van der Waals surface area contributed by atoms with Crippen LogP contribution in [0.3, 0.4) is 0 Å². The van der Waals surface area contributed by atoms with Gasteiger partial charge in [0.25, 0.3) is 11.8 Å². The molecule has 0 atom stereocenters. The van der Waals surface area contributed by atoms with Gasteiger partial charge in [-0.2, -0.15) is 0 Å². The Morgan fingerprint density at radius 3 is 1.88 bits per heavy atom. The number of urea groups is 1. The van der Waals surface area contributed by atoms with Gasteiger partial charge in [0.2, 0.25) is 0 Å². The average molecular weight is 434 g/mol. The van der Waals surface area contributed by atoms with Gasteiger partial charge in [0.1, 0.15) is 0 Å². The highest BCUT2D eigenvalue weighted by molar-refractivity contribution is 6.09. The van der Waals surface area contributed by atoms with E-state index in [1.165, 1.54) is 38.5 Å². The van der Waals surface area contributed by atoms with Crippen LogP contribution in [0.25, 0.3) is 0 Å². The Balaban J connectivity index is 1.71. The van der Waals surface area contributed by atoms with Gasteiger partial charge in [-0.1, -0.05) is 18.2 Å². The molecule has 3 rings (SSSR count). The average Bonchev–Trinajstić information content (AvgIpc) is 2.79. The molecule has 0 fully saturated rings. The molecule has 0 saturated carbocycles. The maximum absolute atomic E-state index is 12.7. The minimum absolute atomic E-state index is 0.0758. The number of ether oxygens (including phenoxy) is 2. The number of amides is 4. The third-order valence-corrected chi connectivity index (χ3v) is 4.47. The number of primary amides is 1. The molecule has 0 radical (unpaired) electrons. The molecule has 0 bridgehead atoms. The lowest BCUT2D eigenvalue weighted by Gasteiger charge is -2.14. The number of carbonyl (C=O) groups excluding carboxylic acids is 3. The Bertz CT molecular complexity index is 1130. The molecule has 3 aromatic carbocycles. The molecule has 0 heterocycles. The fraction of sp³-hybridized carbons (Fsp3) is 0.0870. The van der Waals surface area contributed by atoms with Crippen molar-refractivity contribution in [1.29, 1.82) is 0 Å². The van der Waals surface area contributed by atoms with Gasteiger partial charge in [0.05, 0.1) is 25.5 Å². The molecular weight excluding hydrogens is 412 g/mol. The second-order valence-corrected chi connectivity index (χ2v) is 6.59. The Labute approximate surface area is 184 Å². The van der Waals surface area contributed by atoms with Gasteiger partial charge < -0.3 is 31.2 Å². The summed E-state index contributed by atoms with van der Waals surface area (Å²) in [5.74, 6) is -0.564. The van der Waals surface area contributed by atoms with Gasteiger partial charge in [0.15, 0.2) is 11.5 Å². The van der Waals surface area contributed by atoms with Crippen molar-refractivity contribution in [3.05, 3.63) is 77.9 Å². The Morgan fingerprint density at radius 2 is 1.31 bits per heavy atom. The first-order valence-electron chi connectivity index (χ1n) is 9.51. The van der Waals surface area contributed by atoms with Crippen molar-refractivity contribution < 1.29 is 23.9 Å². The van der Waals surface area contributed by atoms with E-state index in [9.17, 15) is 14.4 Å². The van der Waals surface area contributed by atoms with Gasteiger partial charge >= 0.3 is 6.03 Å². The number of hydrogen-bond donors (Lipinski definition) is 4. The zero-order valence-corrected chi connectivity index (χ0v) is 17.5. The minimum Gasteiger partial charge on any atom is -0.493 e. The molecule has 164 valence electrons.